The van der Waals surface area contributed by atoms with Gasteiger partial charge in [0, 0.05) is 0 Å². The maximum atomic E-state index is 5.77. The van der Waals surface area contributed by atoms with Crippen LogP contribution in [-0.2, 0) is 0 Å². The van der Waals surface area contributed by atoms with E-state index in [1.165, 1.54) is 0 Å². The van der Waals surface area contributed by atoms with Gasteiger partial charge < -0.3 is 11.5 Å². The molecular weight excluding hydrogens is 188 g/mol. The first-order chi connectivity index (χ1) is 4.56. The van der Waals surface area contributed by atoms with E-state index in [4.69, 9.17) is 10.8 Å². The van der Waals surface area contributed by atoms with Crippen molar-refractivity contribution in [3.8, 4) is 0 Å². The van der Waals surface area contributed by atoms with E-state index in [-0.39, 0.29) is 5.11 Å². The van der Waals surface area contributed by atoms with Crippen LogP contribution in [0, 0.1) is 10.8 Å². The van der Waals surface area contributed by atoms with Gasteiger partial charge in [0.1, 0.15) is 0 Å². The van der Waals surface area contributed by atoms with E-state index >= 15 is 0 Å². The van der Waals surface area contributed by atoms with Gasteiger partial charge in [0.25, 0.3) is 0 Å². The average molecular weight is 194 g/mol. The van der Waals surface area contributed by atoms with E-state index in [2.05, 4.69) is 48.1 Å². The number of rotatable bonds is 0. The average Bonchev–Trinajstić information content (AvgIpc) is 1.65. The second-order valence-electron chi connectivity index (χ2n) is 0.606. The molecule has 0 aromatic carbocycles. The molecule has 0 bridgehead atoms. The highest BCUT2D eigenvalue weighted by Gasteiger charge is 1.53. The topological polar surface area (TPSA) is 99.7 Å². The predicted octanol–water partition coefficient (Wildman–Crippen LogP) is 0.525. The summed E-state index contributed by atoms with van der Waals surface area (Å²) < 4.78 is 0. The highest BCUT2D eigenvalue weighted by molar-refractivity contribution is 7.80. The van der Waals surface area contributed by atoms with Crippen molar-refractivity contribution < 1.29 is 0 Å². The SMILES string of the molecule is N=C=S.N=C=S.NC(N)=S. The van der Waals surface area contributed by atoms with E-state index in [1.807, 2.05) is 0 Å². The summed E-state index contributed by atoms with van der Waals surface area (Å²) in [6, 6.07) is 0. The van der Waals surface area contributed by atoms with Gasteiger partial charge in [0.15, 0.2) is 5.11 Å². The van der Waals surface area contributed by atoms with Gasteiger partial charge in [-0.1, -0.05) is 0 Å². The van der Waals surface area contributed by atoms with Crippen LogP contribution < -0.4 is 11.5 Å². The lowest BCUT2D eigenvalue weighted by atomic mass is 11.3. The third-order valence-corrected chi connectivity index (χ3v) is 0. The van der Waals surface area contributed by atoms with Gasteiger partial charge >= 0.3 is 0 Å². The van der Waals surface area contributed by atoms with Crippen LogP contribution >= 0.6 is 36.7 Å². The molecule has 7 heteroatoms. The van der Waals surface area contributed by atoms with Gasteiger partial charge in [-0.3, -0.25) is 0 Å². The van der Waals surface area contributed by atoms with Crippen molar-refractivity contribution in [1.82, 2.24) is 0 Å². The summed E-state index contributed by atoms with van der Waals surface area (Å²) in [5, 5.41) is 14.7. The molecule has 0 fully saturated rings. The van der Waals surface area contributed by atoms with Gasteiger partial charge in [-0.05, 0) is 36.7 Å². The molecule has 0 saturated carbocycles. The lowest BCUT2D eigenvalue weighted by Gasteiger charge is -1.68. The lowest BCUT2D eigenvalue weighted by molar-refractivity contribution is 1.61. The molecule has 0 amide bonds. The molecule has 0 heterocycles. The number of thiocarbonyl (C=S) groups is 3. The van der Waals surface area contributed by atoms with Crippen LogP contribution in [0.3, 0.4) is 0 Å². The molecule has 0 rings (SSSR count). The second-order valence-corrected chi connectivity index (χ2v) is 1.49. The first-order valence-corrected chi connectivity index (χ1v) is 2.91. The van der Waals surface area contributed by atoms with Crippen molar-refractivity contribution in [3.63, 3.8) is 0 Å². The Labute approximate surface area is 74.6 Å². The largest absolute Gasteiger partial charge is 0.377 e. The van der Waals surface area contributed by atoms with E-state index in [0.29, 0.717) is 0 Å². The van der Waals surface area contributed by atoms with Gasteiger partial charge in [-0.2, -0.15) is 0 Å². The van der Waals surface area contributed by atoms with Gasteiger partial charge in [0.2, 0.25) is 0 Å². The lowest BCUT2D eigenvalue weighted by Crippen LogP contribution is -2.18. The summed E-state index contributed by atoms with van der Waals surface area (Å²) in [6.45, 7) is 0. The maximum absolute atomic E-state index is 5.77. The Morgan fingerprint density at radius 2 is 1.10 bits per heavy atom. The van der Waals surface area contributed by atoms with E-state index in [1.54, 1.807) is 10.3 Å². The molecular formula is C3H6N4S3. The molecule has 0 aliphatic rings. The summed E-state index contributed by atoms with van der Waals surface area (Å²) >= 11 is 11.7. The molecule has 0 saturated heterocycles. The minimum Gasteiger partial charge on any atom is -0.377 e. The Kier molecular flexibility index (Phi) is 38.6. The molecule has 0 aromatic rings. The van der Waals surface area contributed by atoms with Crippen molar-refractivity contribution in [1.29, 1.82) is 10.8 Å². The van der Waals surface area contributed by atoms with Crippen LogP contribution in [0.25, 0.3) is 0 Å². The molecule has 0 aliphatic carbocycles. The van der Waals surface area contributed by atoms with Crippen molar-refractivity contribution in [2.24, 2.45) is 11.5 Å². The zero-order chi connectivity index (χ0) is 8.99. The molecule has 0 spiro atoms. The monoisotopic (exact) mass is 194 g/mol. The van der Waals surface area contributed by atoms with Crippen molar-refractivity contribution in [3.05, 3.63) is 0 Å². The van der Waals surface area contributed by atoms with E-state index in [0.717, 1.165) is 0 Å². The summed E-state index contributed by atoms with van der Waals surface area (Å²) in [5.41, 5.74) is 9.24. The number of hydrogen-bond donors (Lipinski definition) is 4. The fourth-order valence-electron chi connectivity index (χ4n) is 0. The molecule has 0 radical (unpaired) electrons. The fourth-order valence-corrected chi connectivity index (χ4v) is 0. The van der Waals surface area contributed by atoms with Crippen LogP contribution in [0.4, 0.5) is 0 Å². The molecule has 0 aliphatic heterocycles. The Bertz CT molecular complexity index is 126. The molecule has 10 heavy (non-hydrogen) atoms. The minimum absolute atomic E-state index is 0.000000000000000222. The summed E-state index contributed by atoms with van der Waals surface area (Å²) in [4.78, 5) is 0. The molecule has 0 atom stereocenters. The van der Waals surface area contributed by atoms with Crippen LogP contribution in [-0.4, -0.2) is 15.4 Å². The molecule has 0 aromatic heterocycles. The first kappa shape index (κ1) is 16.1. The Morgan fingerprint density at radius 3 is 1.10 bits per heavy atom. The Balaban J connectivity index is -0.0000000750. The highest BCUT2D eigenvalue weighted by Crippen LogP contribution is 1.32. The molecule has 0 unspecified atom stereocenters. The van der Waals surface area contributed by atoms with Crippen molar-refractivity contribution in [2.75, 3.05) is 0 Å². The van der Waals surface area contributed by atoms with Gasteiger partial charge in [-0.15, -0.1) is 0 Å². The number of hydrogen-bond acceptors (Lipinski definition) is 5. The molecule has 6 N–H and O–H groups in total. The van der Waals surface area contributed by atoms with Gasteiger partial charge in [0.05, 0.1) is 10.3 Å². The van der Waals surface area contributed by atoms with Crippen molar-refractivity contribution in [2.45, 2.75) is 0 Å². The van der Waals surface area contributed by atoms with Crippen LogP contribution in [0.5, 0.6) is 0 Å². The summed E-state index contributed by atoms with van der Waals surface area (Å²) in [6.07, 6.45) is 0. The Hall–Kier alpha value is -0.710. The summed E-state index contributed by atoms with van der Waals surface area (Å²) in [5.74, 6) is 0. The van der Waals surface area contributed by atoms with E-state index < -0.39 is 0 Å². The highest BCUT2D eigenvalue weighted by atomic mass is 32.1. The van der Waals surface area contributed by atoms with E-state index in [9.17, 15) is 0 Å². The smallest absolute Gasteiger partial charge is 0.160 e. The normalized spacial score (nSPS) is 4.00. The third-order valence-electron chi connectivity index (χ3n) is 0. The fraction of sp³-hybridized carbons (Fsp3) is 0. The number of nitrogens with two attached hydrogens (primary N) is 2. The number of isothiocyanates is 2. The standard InChI is InChI=1S/CH4N2S.2CHNS/c2-1(3)4;2*2-1-3/h(H4,2,3,4);2*2H. The van der Waals surface area contributed by atoms with Crippen LogP contribution in [0.15, 0.2) is 0 Å². The molecule has 56 valence electrons. The minimum atomic E-state index is 0.000000000000000222. The first-order valence-electron chi connectivity index (χ1n) is 1.69. The van der Waals surface area contributed by atoms with Crippen molar-refractivity contribution >= 4 is 52.1 Å². The van der Waals surface area contributed by atoms with Crippen LogP contribution in [0.1, 0.15) is 0 Å². The zero-order valence-electron chi connectivity index (χ0n) is 4.88. The molecule has 4 nitrogen and oxygen atoms in total. The van der Waals surface area contributed by atoms with Gasteiger partial charge in [-0.25, -0.2) is 10.8 Å². The zero-order valence-corrected chi connectivity index (χ0v) is 7.33. The summed E-state index contributed by atoms with van der Waals surface area (Å²) in [7, 11) is 0. The predicted molar refractivity (Wildman–Crippen MR) is 51.6 cm³/mol. The van der Waals surface area contributed by atoms with Crippen LogP contribution in [0.2, 0.25) is 0 Å². The Morgan fingerprint density at radius 1 is 1.10 bits per heavy atom. The number of nitrogens with one attached hydrogen (secondary N) is 2. The maximum Gasteiger partial charge on any atom is 0.160 e. The quantitative estimate of drug-likeness (QED) is 0.333. The second kappa shape index (κ2) is 23.9. The third kappa shape index (κ3) is 572.